The highest BCUT2D eigenvalue weighted by Crippen LogP contribution is 2.57. The zero-order valence-corrected chi connectivity index (χ0v) is 28.7. The number of benzene rings is 1. The third kappa shape index (κ3) is 5.01. The lowest BCUT2D eigenvalue weighted by Gasteiger charge is -2.43. The van der Waals surface area contributed by atoms with Crippen molar-refractivity contribution >= 4 is 51.9 Å². The van der Waals surface area contributed by atoms with Crippen molar-refractivity contribution in [3.05, 3.63) is 74.3 Å². The largest absolute Gasteiger partial charge is 0.332 e. The number of hydrogen-bond acceptors (Lipinski definition) is 7. The van der Waals surface area contributed by atoms with E-state index in [2.05, 4.69) is 10.3 Å². The first kappa shape index (κ1) is 31.5. The standard InChI is InChI=1S/C34H36Cl2F2N6O2S/c1-18(2)26-27(30(46)42-15-21(37)13-24(42)29(45)43-17-33(8-9-33)40-16-34(43)10-11-34)47-31-41-32(3,20-5-7-25(36)39-14-20)28(44(26)31)19-4-6-22(35)23(38)12-19/h4-7,12,14,18,21,24,28,40H,8-11,13,15-17H2,1-3H3/t21-,24-,28-,32+/m1/s1. The van der Waals surface area contributed by atoms with Gasteiger partial charge in [0.25, 0.3) is 5.91 Å². The lowest BCUT2D eigenvalue weighted by atomic mass is 9.81. The highest BCUT2D eigenvalue weighted by molar-refractivity contribution is 8.18. The first-order chi connectivity index (χ1) is 22.3. The molecule has 13 heteroatoms. The van der Waals surface area contributed by atoms with E-state index in [0.717, 1.165) is 37.8 Å². The fourth-order valence-corrected chi connectivity index (χ4v) is 9.50. The normalized spacial score (nSPS) is 30.1. The molecular formula is C34H36Cl2F2N6O2S. The molecular weight excluding hydrogens is 665 g/mol. The van der Waals surface area contributed by atoms with Crippen LogP contribution in [0.25, 0.3) is 0 Å². The third-order valence-corrected chi connectivity index (χ3v) is 12.5. The van der Waals surface area contributed by atoms with Crippen molar-refractivity contribution in [3.8, 4) is 0 Å². The van der Waals surface area contributed by atoms with E-state index in [9.17, 15) is 14.0 Å². The average Bonchev–Trinajstić information content (AvgIpc) is 3.87. The van der Waals surface area contributed by atoms with E-state index in [0.29, 0.717) is 33.0 Å². The summed E-state index contributed by atoms with van der Waals surface area (Å²) in [6, 6.07) is 6.83. The van der Waals surface area contributed by atoms with Crippen molar-refractivity contribution in [2.24, 2.45) is 10.9 Å². The lowest BCUT2D eigenvalue weighted by molar-refractivity contribution is -0.146. The molecule has 2 saturated carbocycles. The number of alkyl halides is 1. The number of nitrogens with one attached hydrogen (secondary N) is 1. The number of piperazine rings is 1. The number of fused-ring (bicyclic) bond motifs is 1. The van der Waals surface area contributed by atoms with Crippen molar-refractivity contribution in [1.82, 2.24) is 25.0 Å². The smallest absolute Gasteiger partial charge is 0.263 e. The maximum atomic E-state index is 15.2. The first-order valence-electron chi connectivity index (χ1n) is 16.2. The Kier molecular flexibility index (Phi) is 7.30. The molecule has 4 atom stereocenters. The van der Waals surface area contributed by atoms with Gasteiger partial charge in [-0.2, -0.15) is 0 Å². The Morgan fingerprint density at radius 2 is 1.89 bits per heavy atom. The maximum Gasteiger partial charge on any atom is 0.263 e. The molecule has 0 unspecified atom stereocenters. The summed E-state index contributed by atoms with van der Waals surface area (Å²) in [7, 11) is 0. The van der Waals surface area contributed by atoms with E-state index >= 15 is 4.39 Å². The van der Waals surface area contributed by atoms with Gasteiger partial charge in [-0.1, -0.05) is 49.2 Å². The first-order valence-corrected chi connectivity index (χ1v) is 17.8. The van der Waals surface area contributed by atoms with E-state index in [4.69, 9.17) is 28.2 Å². The minimum absolute atomic E-state index is 0.00429. The molecule has 0 radical (unpaired) electrons. The Labute approximate surface area is 286 Å². The van der Waals surface area contributed by atoms with Gasteiger partial charge >= 0.3 is 0 Å². The van der Waals surface area contributed by atoms with Crippen molar-refractivity contribution in [2.45, 2.75) is 87.7 Å². The van der Waals surface area contributed by atoms with Crippen LogP contribution in [0.15, 0.2) is 52.1 Å². The molecule has 8 rings (SSSR count). The highest BCUT2D eigenvalue weighted by atomic mass is 35.5. The summed E-state index contributed by atoms with van der Waals surface area (Å²) in [5.41, 5.74) is 0.908. The molecule has 2 saturated heterocycles. The number of pyridine rings is 1. The Morgan fingerprint density at radius 3 is 2.53 bits per heavy atom. The lowest BCUT2D eigenvalue weighted by Crippen LogP contribution is -2.64. The number of amidine groups is 1. The quantitative estimate of drug-likeness (QED) is 0.374. The molecule has 248 valence electrons. The molecule has 47 heavy (non-hydrogen) atoms. The zero-order chi connectivity index (χ0) is 33.0. The number of hydrogen-bond donors (Lipinski definition) is 1. The Balaban J connectivity index is 1.17. The number of thioether (sulfide) groups is 1. The number of carbonyl (C=O) groups is 2. The van der Waals surface area contributed by atoms with Gasteiger partial charge in [0.15, 0.2) is 5.17 Å². The number of allylic oxidation sites excluding steroid dienone is 1. The van der Waals surface area contributed by atoms with Crippen LogP contribution in [0.5, 0.6) is 0 Å². The van der Waals surface area contributed by atoms with E-state index < -0.39 is 29.6 Å². The van der Waals surface area contributed by atoms with Crippen molar-refractivity contribution in [3.63, 3.8) is 0 Å². The van der Waals surface area contributed by atoms with Crippen LogP contribution in [-0.2, 0) is 15.1 Å². The topological polar surface area (TPSA) is 81.1 Å². The summed E-state index contributed by atoms with van der Waals surface area (Å²) in [5, 5.41) is 4.57. The summed E-state index contributed by atoms with van der Waals surface area (Å²) in [5.74, 6) is -1.23. The third-order valence-electron chi connectivity index (χ3n) is 10.9. The number of likely N-dealkylation sites (tertiary alicyclic amines) is 1. The second kappa shape index (κ2) is 10.9. The van der Waals surface area contributed by atoms with Gasteiger partial charge in [-0.05, 0) is 74.0 Å². The number of rotatable bonds is 5. The molecule has 0 bridgehead atoms. The van der Waals surface area contributed by atoms with Gasteiger partial charge in [-0.3, -0.25) is 9.59 Å². The Hall–Kier alpha value is -2.73. The number of carbonyl (C=O) groups excluding carboxylic acids is 2. The fourth-order valence-electron chi connectivity index (χ4n) is 7.91. The van der Waals surface area contributed by atoms with Crippen LogP contribution in [0.3, 0.4) is 0 Å². The molecule has 2 aliphatic carbocycles. The zero-order valence-electron chi connectivity index (χ0n) is 26.4. The number of halogens is 4. The van der Waals surface area contributed by atoms with E-state index in [1.165, 1.54) is 28.8 Å². The van der Waals surface area contributed by atoms with Gasteiger partial charge in [-0.25, -0.2) is 18.8 Å². The molecule has 4 aliphatic heterocycles. The molecule has 2 amide bonds. The number of nitrogens with zero attached hydrogens (tertiary/aromatic N) is 5. The van der Waals surface area contributed by atoms with Gasteiger partial charge in [0.2, 0.25) is 5.91 Å². The summed E-state index contributed by atoms with van der Waals surface area (Å²) in [4.78, 5) is 44.1. The van der Waals surface area contributed by atoms with Gasteiger partial charge < -0.3 is 20.0 Å². The molecule has 1 aromatic carbocycles. The Morgan fingerprint density at radius 1 is 1.13 bits per heavy atom. The predicted molar refractivity (Wildman–Crippen MR) is 178 cm³/mol. The van der Waals surface area contributed by atoms with Gasteiger partial charge in [0, 0.05) is 42.5 Å². The molecule has 5 heterocycles. The summed E-state index contributed by atoms with van der Waals surface area (Å²) in [6.45, 7) is 7.15. The molecule has 4 fully saturated rings. The minimum atomic E-state index is -1.29. The van der Waals surface area contributed by atoms with E-state index in [1.807, 2.05) is 36.6 Å². The Bertz CT molecular complexity index is 1750. The average molecular weight is 702 g/mol. The summed E-state index contributed by atoms with van der Waals surface area (Å²) in [6.07, 6.45) is 4.25. The molecule has 6 aliphatic rings. The second-order valence-corrected chi connectivity index (χ2v) is 16.2. The van der Waals surface area contributed by atoms with Crippen molar-refractivity contribution < 1.29 is 18.4 Å². The van der Waals surface area contributed by atoms with Gasteiger partial charge in [-0.15, -0.1) is 0 Å². The van der Waals surface area contributed by atoms with Crippen LogP contribution in [-0.4, -0.2) is 79.6 Å². The second-order valence-electron chi connectivity index (χ2n) is 14.4. The monoisotopic (exact) mass is 700 g/mol. The van der Waals surface area contributed by atoms with Crippen molar-refractivity contribution in [2.75, 3.05) is 19.6 Å². The molecule has 1 N–H and O–H groups in total. The number of amides is 2. The van der Waals surface area contributed by atoms with E-state index in [1.54, 1.807) is 18.3 Å². The number of aromatic nitrogens is 1. The minimum Gasteiger partial charge on any atom is -0.332 e. The van der Waals surface area contributed by atoms with Crippen LogP contribution < -0.4 is 5.32 Å². The fraction of sp³-hybridized carbons (Fsp3) is 0.529. The van der Waals surface area contributed by atoms with Crippen LogP contribution >= 0.6 is 35.0 Å². The maximum absolute atomic E-state index is 15.2. The van der Waals surface area contributed by atoms with Crippen LogP contribution in [0.2, 0.25) is 10.2 Å². The van der Waals surface area contributed by atoms with E-state index in [-0.39, 0.29) is 46.8 Å². The van der Waals surface area contributed by atoms with Crippen LogP contribution in [0.4, 0.5) is 8.78 Å². The number of aliphatic imine (C=N–C) groups is 1. The predicted octanol–water partition coefficient (Wildman–Crippen LogP) is 6.21. The van der Waals surface area contributed by atoms with Gasteiger partial charge in [0.1, 0.15) is 33.6 Å². The van der Waals surface area contributed by atoms with Crippen LogP contribution in [0, 0.1) is 11.7 Å². The molecule has 1 aromatic heterocycles. The summed E-state index contributed by atoms with van der Waals surface area (Å²) < 4.78 is 30.2. The van der Waals surface area contributed by atoms with Crippen LogP contribution in [0.1, 0.15) is 70.0 Å². The van der Waals surface area contributed by atoms with Crippen molar-refractivity contribution in [1.29, 1.82) is 0 Å². The molecule has 2 aromatic rings. The summed E-state index contributed by atoms with van der Waals surface area (Å²) >= 11 is 13.5. The molecule has 8 nitrogen and oxygen atoms in total. The highest BCUT2D eigenvalue weighted by Gasteiger charge is 2.61. The molecule has 2 spiro atoms. The van der Waals surface area contributed by atoms with Gasteiger partial charge in [0.05, 0.1) is 23.1 Å². The SMILES string of the molecule is CC(C)C1=C(C(=O)N2C[C@H](F)C[C@@H]2C(=O)N2CC3(CC3)NCC23CC3)SC2=N[C@@](C)(c3ccc(Cl)nc3)[C@@H](c3ccc(Cl)c(F)c3)N21.